The number of rotatable bonds is 4. The second-order valence-electron chi connectivity index (χ2n) is 16.1. The summed E-state index contributed by atoms with van der Waals surface area (Å²) < 4.78 is 0. The van der Waals surface area contributed by atoms with Crippen molar-refractivity contribution in [1.82, 2.24) is 0 Å². The lowest BCUT2D eigenvalue weighted by molar-refractivity contribution is 0.660. The van der Waals surface area contributed by atoms with Crippen molar-refractivity contribution in [3.05, 3.63) is 223 Å². The van der Waals surface area contributed by atoms with Crippen molar-refractivity contribution in [1.29, 1.82) is 0 Å². The molecule has 1 nitrogen and oxygen atoms in total. The molecule has 274 valence electrons. The van der Waals surface area contributed by atoms with Crippen LogP contribution < -0.4 is 4.90 Å². The summed E-state index contributed by atoms with van der Waals surface area (Å²) in [6.45, 7) is 4.73. The maximum absolute atomic E-state index is 2.46. The standard InChI is InChI=1S/C57H41N/c1-57(2)55-30-15-14-29-52(55)53-34-32-42(37-56(53)57)58(40-20-16-19-39(35-40)38-17-4-3-5-18-38)41-31-33-51-49-27-11-10-25-47(49)45-23-7-6-21-43(45)44-22-8-9-24-46(44)48-26-12-13-28-50(48)54(51)36-41/h3-37H,1-2H3. The van der Waals surface area contributed by atoms with Crippen molar-refractivity contribution in [2.45, 2.75) is 19.3 Å². The molecule has 0 aromatic heterocycles. The second-order valence-corrected chi connectivity index (χ2v) is 16.1. The third-order valence-corrected chi connectivity index (χ3v) is 12.5. The van der Waals surface area contributed by atoms with E-state index >= 15 is 0 Å². The Hall–Kier alpha value is -7.22. The van der Waals surface area contributed by atoms with Crippen molar-refractivity contribution in [2.24, 2.45) is 0 Å². The highest BCUT2D eigenvalue weighted by Gasteiger charge is 2.35. The molecular formula is C57H41N. The van der Waals surface area contributed by atoms with Gasteiger partial charge in [0.25, 0.3) is 0 Å². The van der Waals surface area contributed by atoms with Gasteiger partial charge in [0, 0.05) is 22.5 Å². The van der Waals surface area contributed by atoms with E-state index in [4.69, 9.17) is 0 Å². The normalized spacial score (nSPS) is 12.8. The second kappa shape index (κ2) is 13.5. The van der Waals surface area contributed by atoms with Crippen LogP contribution in [-0.2, 0) is 5.41 Å². The molecule has 0 radical (unpaired) electrons. The minimum Gasteiger partial charge on any atom is -0.310 e. The van der Waals surface area contributed by atoms with Gasteiger partial charge < -0.3 is 4.90 Å². The first kappa shape index (κ1) is 34.1. The summed E-state index contributed by atoms with van der Waals surface area (Å²) in [4.78, 5) is 2.46. The molecule has 0 saturated heterocycles. The summed E-state index contributed by atoms with van der Waals surface area (Å²) in [7, 11) is 0. The van der Waals surface area contributed by atoms with E-state index < -0.39 is 0 Å². The molecule has 0 amide bonds. The number of nitrogens with zero attached hydrogens (tertiary/aromatic N) is 1. The fraction of sp³-hybridized carbons (Fsp3) is 0.0526. The third kappa shape index (κ3) is 5.39. The topological polar surface area (TPSA) is 3.24 Å². The minimum absolute atomic E-state index is 0.130. The van der Waals surface area contributed by atoms with Gasteiger partial charge in [-0.05, 0) is 124 Å². The Kier molecular flexibility index (Phi) is 7.91. The van der Waals surface area contributed by atoms with Gasteiger partial charge in [-0.25, -0.2) is 0 Å². The number of anilines is 3. The first-order valence-corrected chi connectivity index (χ1v) is 20.3. The molecule has 10 aromatic rings. The van der Waals surface area contributed by atoms with Crippen LogP contribution in [0.15, 0.2) is 212 Å². The largest absolute Gasteiger partial charge is 0.310 e. The lowest BCUT2D eigenvalue weighted by atomic mass is 9.82. The molecule has 10 aromatic carbocycles. The molecule has 0 aliphatic heterocycles. The van der Waals surface area contributed by atoms with Gasteiger partial charge in [-0.2, -0.15) is 0 Å². The van der Waals surface area contributed by atoms with Crippen LogP contribution in [0.25, 0.3) is 76.1 Å². The highest BCUT2D eigenvalue weighted by molar-refractivity contribution is 6.26. The minimum atomic E-state index is -0.130. The highest BCUT2D eigenvalue weighted by atomic mass is 15.1. The molecule has 0 unspecified atom stereocenters. The van der Waals surface area contributed by atoms with E-state index in [1.165, 1.54) is 87.2 Å². The number of benzene rings is 9. The van der Waals surface area contributed by atoms with E-state index in [2.05, 4.69) is 231 Å². The van der Waals surface area contributed by atoms with Crippen LogP contribution in [0.5, 0.6) is 0 Å². The van der Waals surface area contributed by atoms with E-state index in [9.17, 15) is 0 Å². The van der Waals surface area contributed by atoms with Gasteiger partial charge >= 0.3 is 0 Å². The van der Waals surface area contributed by atoms with Crippen LogP contribution in [-0.4, -0.2) is 0 Å². The smallest absolute Gasteiger partial charge is 0.0468 e. The molecule has 0 heterocycles. The van der Waals surface area contributed by atoms with Crippen LogP contribution in [0.3, 0.4) is 0 Å². The predicted molar refractivity (Wildman–Crippen MR) is 249 cm³/mol. The fourth-order valence-electron chi connectivity index (χ4n) is 9.67. The van der Waals surface area contributed by atoms with Gasteiger partial charge in [-0.1, -0.05) is 190 Å². The summed E-state index contributed by atoms with van der Waals surface area (Å²) in [6, 6.07) is 78.5. The van der Waals surface area contributed by atoms with E-state index in [0.717, 1.165) is 17.1 Å². The molecular weight excluding hydrogens is 699 g/mol. The van der Waals surface area contributed by atoms with Crippen LogP contribution in [0.1, 0.15) is 25.0 Å². The molecule has 11 rings (SSSR count). The average Bonchev–Trinajstić information content (AvgIpc) is 3.52. The van der Waals surface area contributed by atoms with Crippen LogP contribution in [0.2, 0.25) is 0 Å². The first-order chi connectivity index (χ1) is 28.5. The van der Waals surface area contributed by atoms with E-state index in [-0.39, 0.29) is 5.41 Å². The van der Waals surface area contributed by atoms with Gasteiger partial charge in [0.05, 0.1) is 0 Å². The van der Waals surface area contributed by atoms with E-state index in [1.54, 1.807) is 0 Å². The van der Waals surface area contributed by atoms with Crippen molar-refractivity contribution in [3.8, 4) is 22.3 Å². The highest BCUT2D eigenvalue weighted by Crippen LogP contribution is 2.51. The predicted octanol–water partition coefficient (Wildman–Crippen LogP) is 16.0. The Bertz CT molecular complexity index is 3240. The Morgan fingerprint density at radius 3 is 1.28 bits per heavy atom. The summed E-state index contributed by atoms with van der Waals surface area (Å²) in [5.74, 6) is 0. The number of hydrogen-bond donors (Lipinski definition) is 0. The van der Waals surface area contributed by atoms with Crippen LogP contribution in [0, 0.1) is 0 Å². The Morgan fingerprint density at radius 1 is 0.276 bits per heavy atom. The lowest BCUT2D eigenvalue weighted by Crippen LogP contribution is -2.16. The maximum atomic E-state index is 2.46. The maximum Gasteiger partial charge on any atom is 0.0468 e. The molecule has 1 aliphatic carbocycles. The van der Waals surface area contributed by atoms with Gasteiger partial charge in [-0.3, -0.25) is 0 Å². The van der Waals surface area contributed by atoms with Crippen molar-refractivity contribution < 1.29 is 0 Å². The van der Waals surface area contributed by atoms with Gasteiger partial charge in [0.2, 0.25) is 0 Å². The molecule has 0 spiro atoms. The van der Waals surface area contributed by atoms with Gasteiger partial charge in [-0.15, -0.1) is 0 Å². The molecule has 0 N–H and O–H groups in total. The fourth-order valence-corrected chi connectivity index (χ4v) is 9.67. The average molecular weight is 740 g/mol. The molecule has 1 aliphatic rings. The number of fused-ring (bicyclic) bond motifs is 13. The van der Waals surface area contributed by atoms with Crippen molar-refractivity contribution in [3.63, 3.8) is 0 Å². The Morgan fingerprint density at radius 2 is 0.690 bits per heavy atom. The summed E-state index contributed by atoms with van der Waals surface area (Å²) in [6.07, 6.45) is 0. The molecule has 58 heavy (non-hydrogen) atoms. The summed E-state index contributed by atoms with van der Waals surface area (Å²) >= 11 is 0. The molecule has 0 fully saturated rings. The quantitative estimate of drug-likeness (QED) is 0.174. The van der Waals surface area contributed by atoms with Gasteiger partial charge in [0.15, 0.2) is 0 Å². The van der Waals surface area contributed by atoms with Gasteiger partial charge in [0.1, 0.15) is 0 Å². The number of hydrogen-bond acceptors (Lipinski definition) is 1. The zero-order valence-corrected chi connectivity index (χ0v) is 32.7. The molecule has 0 saturated carbocycles. The van der Waals surface area contributed by atoms with Crippen LogP contribution >= 0.6 is 0 Å². The van der Waals surface area contributed by atoms with Crippen LogP contribution in [0.4, 0.5) is 17.1 Å². The monoisotopic (exact) mass is 739 g/mol. The van der Waals surface area contributed by atoms with Crippen molar-refractivity contribution >= 4 is 70.9 Å². The Labute approximate surface area is 339 Å². The first-order valence-electron chi connectivity index (χ1n) is 20.3. The van der Waals surface area contributed by atoms with E-state index in [0.29, 0.717) is 0 Å². The summed E-state index contributed by atoms with van der Waals surface area (Å²) in [5.41, 5.74) is 11.0. The summed E-state index contributed by atoms with van der Waals surface area (Å²) in [5, 5.41) is 12.2. The van der Waals surface area contributed by atoms with Crippen molar-refractivity contribution in [2.75, 3.05) is 4.90 Å². The Balaban J connectivity index is 1.26. The van der Waals surface area contributed by atoms with E-state index in [1.807, 2.05) is 0 Å². The zero-order chi connectivity index (χ0) is 38.8. The third-order valence-electron chi connectivity index (χ3n) is 12.5. The molecule has 0 atom stereocenters. The SMILES string of the molecule is CC1(C)c2ccccc2-c2ccc(N(c3cccc(-c4ccccc4)c3)c3ccc4c5ccccc5c5ccccc5c5ccccc5c5ccccc5c4c3)cc21. The molecule has 1 heteroatoms. The zero-order valence-electron chi connectivity index (χ0n) is 32.7. The molecule has 0 bridgehead atoms. The lowest BCUT2D eigenvalue weighted by Gasteiger charge is -2.29.